The maximum atomic E-state index is 8.87. The zero-order valence-corrected chi connectivity index (χ0v) is 11.7. The molecule has 3 unspecified atom stereocenters. The number of dihydropyridines is 1. The lowest BCUT2D eigenvalue weighted by Gasteiger charge is -2.31. The van der Waals surface area contributed by atoms with Crippen LogP contribution in [-0.2, 0) is 0 Å². The number of halogens is 1. The van der Waals surface area contributed by atoms with Crippen molar-refractivity contribution < 1.29 is 5.11 Å². The number of hydrogen-bond donors (Lipinski definition) is 3. The molecule has 3 aliphatic heterocycles. The van der Waals surface area contributed by atoms with Gasteiger partial charge in [0.2, 0.25) is 0 Å². The minimum atomic E-state index is 0.0880. The fourth-order valence-electron chi connectivity index (χ4n) is 2.76. The van der Waals surface area contributed by atoms with Crippen molar-refractivity contribution in [3.63, 3.8) is 0 Å². The van der Waals surface area contributed by atoms with Crippen LogP contribution in [0.2, 0.25) is 0 Å². The van der Waals surface area contributed by atoms with E-state index in [0.717, 1.165) is 23.1 Å². The molecule has 0 amide bonds. The maximum Gasteiger partial charge on any atom is 0.120 e. The van der Waals surface area contributed by atoms with Crippen molar-refractivity contribution >= 4 is 23.3 Å². The smallest absolute Gasteiger partial charge is 0.120 e. The highest BCUT2D eigenvalue weighted by Crippen LogP contribution is 2.37. The molecule has 5 nitrogen and oxygen atoms in total. The third-order valence-electron chi connectivity index (χ3n) is 3.67. The Hall–Kier alpha value is -1.59. The van der Waals surface area contributed by atoms with E-state index in [1.54, 1.807) is 6.20 Å². The zero-order chi connectivity index (χ0) is 13.9. The van der Waals surface area contributed by atoms with Crippen LogP contribution in [0.25, 0.3) is 0 Å². The Morgan fingerprint density at radius 3 is 3.25 bits per heavy atom. The van der Waals surface area contributed by atoms with Gasteiger partial charge in [0, 0.05) is 29.6 Å². The summed E-state index contributed by atoms with van der Waals surface area (Å²) in [5, 5.41) is 15.9. The van der Waals surface area contributed by atoms with Crippen LogP contribution in [0, 0.1) is 11.8 Å². The number of aliphatic hydroxyl groups is 1. The molecule has 3 rings (SSSR count). The first-order valence-corrected chi connectivity index (χ1v) is 7.13. The Morgan fingerprint density at radius 1 is 1.50 bits per heavy atom. The number of nitrogens with zero attached hydrogens (tertiary/aromatic N) is 2. The number of aliphatic imine (C=N–C) groups is 2. The minimum absolute atomic E-state index is 0.0880. The van der Waals surface area contributed by atoms with Gasteiger partial charge < -0.3 is 15.7 Å². The summed E-state index contributed by atoms with van der Waals surface area (Å²) in [5.74, 6) is 2.03. The molecule has 0 bridgehead atoms. The number of nitrogens with one attached hydrogen (secondary N) is 2. The fourth-order valence-corrected chi connectivity index (χ4v) is 3.09. The molecule has 3 N–H and O–H groups in total. The van der Waals surface area contributed by atoms with E-state index in [4.69, 9.17) is 21.7 Å². The van der Waals surface area contributed by atoms with E-state index >= 15 is 0 Å². The van der Waals surface area contributed by atoms with Gasteiger partial charge in [0.05, 0.1) is 12.6 Å². The molecule has 0 aromatic carbocycles. The second-order valence-electron chi connectivity index (χ2n) is 4.95. The number of amidine groups is 2. The van der Waals surface area contributed by atoms with Crippen molar-refractivity contribution in [2.75, 3.05) is 13.2 Å². The Labute approximate surface area is 122 Å². The molecule has 0 saturated carbocycles. The number of aliphatic hydroxyl groups excluding tert-OH is 1. The predicted molar refractivity (Wildman–Crippen MR) is 80.7 cm³/mol. The number of fused-ring (bicyclic) bond motifs is 1. The van der Waals surface area contributed by atoms with E-state index in [1.165, 1.54) is 0 Å². The molecule has 0 aromatic heterocycles. The average molecular weight is 293 g/mol. The summed E-state index contributed by atoms with van der Waals surface area (Å²) < 4.78 is 0. The topological polar surface area (TPSA) is 69.0 Å². The van der Waals surface area contributed by atoms with Gasteiger partial charge in [-0.25, -0.2) is 4.99 Å². The van der Waals surface area contributed by atoms with Crippen LogP contribution in [-0.4, -0.2) is 36.0 Å². The van der Waals surface area contributed by atoms with Gasteiger partial charge in [0.15, 0.2) is 0 Å². The van der Waals surface area contributed by atoms with E-state index in [9.17, 15) is 0 Å². The Kier molecular flexibility index (Phi) is 3.89. The lowest BCUT2D eigenvalue weighted by atomic mass is 9.82. The highest BCUT2D eigenvalue weighted by atomic mass is 35.5. The summed E-state index contributed by atoms with van der Waals surface area (Å²) in [6, 6.07) is 0.0880. The normalized spacial score (nSPS) is 31.1. The summed E-state index contributed by atoms with van der Waals surface area (Å²) >= 11 is 6.37. The van der Waals surface area contributed by atoms with Crippen molar-refractivity contribution in [1.82, 2.24) is 10.6 Å². The molecular weight excluding hydrogens is 276 g/mol. The molecule has 6 heteroatoms. The van der Waals surface area contributed by atoms with E-state index in [0.29, 0.717) is 6.54 Å². The quantitative estimate of drug-likeness (QED) is 0.730. The van der Waals surface area contributed by atoms with Crippen LogP contribution in [0.4, 0.5) is 0 Å². The zero-order valence-electron chi connectivity index (χ0n) is 11.0. The molecule has 0 saturated heterocycles. The average Bonchev–Trinajstić information content (AvgIpc) is 2.93. The van der Waals surface area contributed by atoms with E-state index in [1.807, 2.05) is 12.3 Å². The van der Waals surface area contributed by atoms with Crippen LogP contribution >= 0.6 is 11.6 Å². The molecule has 3 heterocycles. The van der Waals surface area contributed by atoms with Crippen LogP contribution in [0.1, 0.15) is 6.42 Å². The first-order chi connectivity index (χ1) is 9.79. The lowest BCUT2D eigenvalue weighted by Crippen LogP contribution is -2.37. The molecule has 3 aliphatic rings. The van der Waals surface area contributed by atoms with E-state index < -0.39 is 0 Å². The Balaban J connectivity index is 1.80. The molecule has 0 aliphatic carbocycles. The van der Waals surface area contributed by atoms with Crippen molar-refractivity contribution in [2.24, 2.45) is 21.8 Å². The Morgan fingerprint density at radius 2 is 2.40 bits per heavy atom. The van der Waals surface area contributed by atoms with Gasteiger partial charge in [-0.2, -0.15) is 0 Å². The van der Waals surface area contributed by atoms with Crippen LogP contribution < -0.4 is 10.6 Å². The highest BCUT2D eigenvalue weighted by molar-refractivity contribution is 6.30. The van der Waals surface area contributed by atoms with Gasteiger partial charge in [-0.15, -0.1) is 0 Å². The summed E-state index contributed by atoms with van der Waals surface area (Å²) in [6.45, 7) is 0.593. The monoisotopic (exact) mass is 292 g/mol. The molecule has 0 aromatic rings. The second kappa shape index (κ2) is 5.81. The van der Waals surface area contributed by atoms with Crippen molar-refractivity contribution in [1.29, 1.82) is 0 Å². The highest BCUT2D eigenvalue weighted by Gasteiger charge is 2.37. The van der Waals surface area contributed by atoms with Crippen molar-refractivity contribution in [3.8, 4) is 0 Å². The first kappa shape index (κ1) is 13.4. The van der Waals surface area contributed by atoms with Gasteiger partial charge in [-0.3, -0.25) is 4.99 Å². The molecule has 3 atom stereocenters. The van der Waals surface area contributed by atoms with Crippen LogP contribution in [0.3, 0.4) is 0 Å². The SMILES string of the molecule is OCCNC1=NC(C2C(Cl)=CN=C3NC=CC32)CC=C1. The standard InChI is InChI=1S/C14H17ClN4O/c15-10-8-18-14-9(4-5-17-14)13(10)11-2-1-3-12(19-11)16-6-7-20/h1,3-5,8-9,11,13,20H,2,6-7H2,(H,16,19)(H,17,18). The maximum absolute atomic E-state index is 8.87. The summed E-state index contributed by atoms with van der Waals surface area (Å²) in [5.41, 5.74) is 0. The molecule has 106 valence electrons. The largest absolute Gasteiger partial charge is 0.395 e. The number of hydrogen-bond acceptors (Lipinski definition) is 5. The first-order valence-electron chi connectivity index (χ1n) is 6.75. The Bertz CT molecular complexity index is 535. The van der Waals surface area contributed by atoms with Crippen molar-refractivity contribution in [3.05, 3.63) is 35.7 Å². The van der Waals surface area contributed by atoms with Gasteiger partial charge >= 0.3 is 0 Å². The summed E-state index contributed by atoms with van der Waals surface area (Å²) in [4.78, 5) is 9.04. The van der Waals surface area contributed by atoms with Gasteiger partial charge in [-0.1, -0.05) is 23.8 Å². The van der Waals surface area contributed by atoms with Gasteiger partial charge in [0.1, 0.15) is 11.7 Å². The third kappa shape index (κ3) is 2.51. The fraction of sp³-hybridized carbons (Fsp3) is 0.429. The minimum Gasteiger partial charge on any atom is -0.395 e. The summed E-state index contributed by atoms with van der Waals surface area (Å²) in [7, 11) is 0. The van der Waals surface area contributed by atoms with Gasteiger partial charge in [0.25, 0.3) is 0 Å². The molecule has 0 fully saturated rings. The van der Waals surface area contributed by atoms with Crippen LogP contribution in [0.5, 0.6) is 0 Å². The van der Waals surface area contributed by atoms with Crippen molar-refractivity contribution in [2.45, 2.75) is 12.5 Å². The van der Waals surface area contributed by atoms with E-state index in [2.05, 4.69) is 27.8 Å². The molecule has 20 heavy (non-hydrogen) atoms. The van der Waals surface area contributed by atoms with Crippen LogP contribution in [0.15, 0.2) is 45.6 Å². The lowest BCUT2D eigenvalue weighted by molar-refractivity contribution is 0.300. The predicted octanol–water partition coefficient (Wildman–Crippen LogP) is 1.14. The molecule has 0 spiro atoms. The molecule has 0 radical (unpaired) electrons. The third-order valence-corrected chi connectivity index (χ3v) is 4.02. The second-order valence-corrected chi connectivity index (χ2v) is 5.39. The summed E-state index contributed by atoms with van der Waals surface area (Å²) in [6.07, 6.45) is 10.6. The molecular formula is C14H17ClN4O. The number of rotatable bonds is 3. The van der Waals surface area contributed by atoms with E-state index in [-0.39, 0.29) is 24.5 Å². The van der Waals surface area contributed by atoms with Gasteiger partial charge in [-0.05, 0) is 18.7 Å².